The molecule has 0 radical (unpaired) electrons. The number of fused-ring (bicyclic) bond motifs is 2. The lowest BCUT2D eigenvalue weighted by Gasteiger charge is -2.14. The molecule has 0 aromatic heterocycles. The molecule has 3 rings (SSSR count). The molecule has 0 aliphatic heterocycles. The third-order valence-electron chi connectivity index (χ3n) is 3.18. The smallest absolute Gasteiger partial charge is 0.0340 e. The maximum absolute atomic E-state index is 4.11. The maximum Gasteiger partial charge on any atom is 0.0340 e. The molecule has 0 nitrogen and oxygen atoms in total. The van der Waals surface area contributed by atoms with Crippen LogP contribution in [0.2, 0.25) is 0 Å². The van der Waals surface area contributed by atoms with Crippen molar-refractivity contribution in [1.29, 1.82) is 0 Å². The van der Waals surface area contributed by atoms with Crippen molar-refractivity contribution in [2.75, 3.05) is 0 Å². The fourth-order valence-corrected chi connectivity index (χ4v) is 2.41. The van der Waals surface area contributed by atoms with Gasteiger partial charge in [-0.3, -0.25) is 0 Å². The molecule has 0 N–H and O–H groups in total. The Kier molecular flexibility index (Phi) is 1.60. The molecule has 0 saturated carbocycles. The zero-order valence-corrected chi connectivity index (χ0v) is 8.53. The van der Waals surface area contributed by atoms with Gasteiger partial charge in [-0.05, 0) is 27.9 Å². The Morgan fingerprint density at radius 2 is 1.80 bits per heavy atom. The summed E-state index contributed by atoms with van der Waals surface area (Å²) in [7, 11) is 0. The van der Waals surface area contributed by atoms with Crippen molar-refractivity contribution < 1.29 is 0 Å². The van der Waals surface area contributed by atoms with Gasteiger partial charge in [0, 0.05) is 5.92 Å². The summed E-state index contributed by atoms with van der Waals surface area (Å²) < 4.78 is 0. The molecule has 72 valence electrons. The molecule has 0 heterocycles. The summed E-state index contributed by atoms with van der Waals surface area (Å²) in [6.45, 7) is 8.16. The van der Waals surface area contributed by atoms with Crippen LogP contribution in [0.4, 0.5) is 0 Å². The van der Waals surface area contributed by atoms with Gasteiger partial charge in [0.2, 0.25) is 0 Å². The van der Waals surface area contributed by atoms with E-state index in [1.54, 1.807) is 0 Å². The molecule has 0 bridgehead atoms. The third kappa shape index (κ3) is 1.08. The maximum atomic E-state index is 4.11. The molecule has 0 aromatic rings. The molecule has 0 fully saturated rings. The molecule has 0 saturated heterocycles. The van der Waals surface area contributed by atoms with E-state index in [9.17, 15) is 0 Å². The second kappa shape index (κ2) is 2.83. The minimum atomic E-state index is 0.352. The van der Waals surface area contributed by atoms with Crippen LogP contribution in [0.25, 0.3) is 0 Å². The molecule has 1 atom stereocenters. The quantitative estimate of drug-likeness (QED) is 0.549. The lowest BCUT2D eigenvalue weighted by Crippen LogP contribution is -2.02. The van der Waals surface area contributed by atoms with Crippen molar-refractivity contribution in [1.82, 2.24) is 0 Å². The van der Waals surface area contributed by atoms with Gasteiger partial charge in [-0.1, -0.05) is 55.7 Å². The summed E-state index contributed by atoms with van der Waals surface area (Å²) in [5.74, 6) is 0.352. The van der Waals surface area contributed by atoms with Gasteiger partial charge in [0.1, 0.15) is 0 Å². The van der Waals surface area contributed by atoms with E-state index in [4.69, 9.17) is 0 Å². The molecule has 3 aliphatic rings. The Bertz CT molecular complexity index is 516. The molecule has 0 unspecified atom stereocenters. The van der Waals surface area contributed by atoms with Crippen LogP contribution < -0.4 is 0 Å². The van der Waals surface area contributed by atoms with Gasteiger partial charge in [0.15, 0.2) is 0 Å². The second-order valence-electron chi connectivity index (χ2n) is 4.09. The van der Waals surface area contributed by atoms with Gasteiger partial charge in [0.05, 0.1) is 0 Å². The van der Waals surface area contributed by atoms with Crippen LogP contribution in [0, 0.1) is 5.92 Å². The number of hydrogen-bond acceptors (Lipinski definition) is 0. The van der Waals surface area contributed by atoms with E-state index in [-0.39, 0.29) is 0 Å². The zero-order valence-electron chi connectivity index (χ0n) is 8.53. The summed E-state index contributed by atoms with van der Waals surface area (Å²) >= 11 is 0. The molecule has 0 amide bonds. The SMILES string of the molecule is C=C1C=CC2=C1C=CC=C1C=CC(=C)[C@@H]12. The van der Waals surface area contributed by atoms with E-state index in [1.165, 1.54) is 22.3 Å². The lowest BCUT2D eigenvalue weighted by atomic mass is 9.89. The highest BCUT2D eigenvalue weighted by Crippen LogP contribution is 2.42. The monoisotopic (exact) mass is 192 g/mol. The van der Waals surface area contributed by atoms with Gasteiger partial charge < -0.3 is 0 Å². The van der Waals surface area contributed by atoms with E-state index in [1.807, 2.05) is 0 Å². The first-order valence-electron chi connectivity index (χ1n) is 5.14. The van der Waals surface area contributed by atoms with Crippen molar-refractivity contribution in [2.24, 2.45) is 5.92 Å². The largest absolute Gasteiger partial charge is 0.0949 e. The van der Waals surface area contributed by atoms with Crippen molar-refractivity contribution in [3.8, 4) is 0 Å². The van der Waals surface area contributed by atoms with Crippen molar-refractivity contribution in [3.63, 3.8) is 0 Å². The van der Waals surface area contributed by atoms with Gasteiger partial charge in [-0.2, -0.15) is 0 Å². The highest BCUT2D eigenvalue weighted by Gasteiger charge is 2.27. The first kappa shape index (κ1) is 8.49. The second-order valence-corrected chi connectivity index (χ2v) is 4.09. The van der Waals surface area contributed by atoms with Crippen molar-refractivity contribution in [3.05, 3.63) is 83.6 Å². The van der Waals surface area contributed by atoms with Crippen molar-refractivity contribution >= 4 is 0 Å². The summed E-state index contributed by atoms with van der Waals surface area (Å²) in [4.78, 5) is 0. The van der Waals surface area contributed by atoms with Gasteiger partial charge in [0.25, 0.3) is 0 Å². The van der Waals surface area contributed by atoms with Crippen molar-refractivity contribution in [2.45, 2.75) is 0 Å². The van der Waals surface area contributed by atoms with E-state index in [2.05, 4.69) is 55.7 Å². The Morgan fingerprint density at radius 3 is 2.67 bits per heavy atom. The Morgan fingerprint density at radius 1 is 0.933 bits per heavy atom. The van der Waals surface area contributed by atoms with Crippen LogP contribution in [0.3, 0.4) is 0 Å². The minimum Gasteiger partial charge on any atom is -0.0949 e. The van der Waals surface area contributed by atoms with Crippen LogP contribution in [0.1, 0.15) is 0 Å². The molecular formula is C15H12. The highest BCUT2D eigenvalue weighted by atomic mass is 14.3. The van der Waals surface area contributed by atoms with E-state index >= 15 is 0 Å². The molecule has 0 heteroatoms. The first-order valence-corrected chi connectivity index (χ1v) is 5.14. The average Bonchev–Trinajstić information content (AvgIpc) is 2.68. The first-order chi connectivity index (χ1) is 7.27. The summed E-state index contributed by atoms with van der Waals surface area (Å²) in [5, 5.41) is 0. The number of allylic oxidation sites excluding steroid dienone is 12. The summed E-state index contributed by atoms with van der Waals surface area (Å²) in [6.07, 6.45) is 14.9. The molecule has 0 spiro atoms. The molecular weight excluding hydrogens is 180 g/mol. The fraction of sp³-hybridized carbons (Fsp3) is 0.0667. The van der Waals surface area contributed by atoms with E-state index < -0.39 is 0 Å². The Hall–Kier alpha value is -1.82. The lowest BCUT2D eigenvalue weighted by molar-refractivity contribution is 0.940. The third-order valence-corrected chi connectivity index (χ3v) is 3.18. The van der Waals surface area contributed by atoms with Gasteiger partial charge in [-0.15, -0.1) is 0 Å². The topological polar surface area (TPSA) is 0 Å². The van der Waals surface area contributed by atoms with Gasteiger partial charge in [-0.25, -0.2) is 0 Å². The standard InChI is InChI=1S/C15H12/c1-10-7-9-14-13(10)5-3-4-12-8-6-11(2)15(12)14/h3-9,15H,1-2H2/t15-/m0/s1. The average molecular weight is 192 g/mol. The van der Waals surface area contributed by atoms with Crippen LogP contribution in [0.15, 0.2) is 83.6 Å². The van der Waals surface area contributed by atoms with Crippen LogP contribution >= 0.6 is 0 Å². The summed E-state index contributed by atoms with van der Waals surface area (Å²) in [6, 6.07) is 0. The van der Waals surface area contributed by atoms with E-state index in [0.717, 1.165) is 5.57 Å². The molecule has 15 heavy (non-hydrogen) atoms. The summed E-state index contributed by atoms with van der Waals surface area (Å²) in [5.41, 5.74) is 6.22. The van der Waals surface area contributed by atoms with Crippen LogP contribution in [-0.4, -0.2) is 0 Å². The predicted molar refractivity (Wildman–Crippen MR) is 64.3 cm³/mol. The van der Waals surface area contributed by atoms with Crippen LogP contribution in [0.5, 0.6) is 0 Å². The minimum absolute atomic E-state index is 0.352. The zero-order chi connectivity index (χ0) is 10.4. The highest BCUT2D eigenvalue weighted by molar-refractivity contribution is 5.66. The predicted octanol–water partition coefficient (Wildman–Crippen LogP) is 3.65. The van der Waals surface area contributed by atoms with E-state index in [0.29, 0.717) is 5.92 Å². The Balaban J connectivity index is 2.21. The number of hydrogen-bond donors (Lipinski definition) is 0. The normalized spacial score (nSPS) is 26.9. The Labute approximate surface area is 90.0 Å². The van der Waals surface area contributed by atoms with Gasteiger partial charge >= 0.3 is 0 Å². The molecule has 0 aromatic carbocycles. The number of rotatable bonds is 0. The fourth-order valence-electron chi connectivity index (χ4n) is 2.41. The molecule has 3 aliphatic carbocycles. The van der Waals surface area contributed by atoms with Crippen LogP contribution in [-0.2, 0) is 0 Å².